The van der Waals surface area contributed by atoms with E-state index < -0.39 is 5.97 Å². The summed E-state index contributed by atoms with van der Waals surface area (Å²) in [6.45, 7) is 4.88. The standard InChI is InChI=1S/C20H42N2O3.Na/c1-2-3-4-5-6-7-8-9-10-11-12-13-14-21-15-16-22(17-18-23)19-20(24)25;/h21,23H,2-19H2,1H3,(H,24,25);/q;+1/p-1. The Hall–Kier alpha value is 0.350. The summed E-state index contributed by atoms with van der Waals surface area (Å²) in [6, 6.07) is 0. The fraction of sp³-hybridized carbons (Fsp3) is 0.950. The van der Waals surface area contributed by atoms with Gasteiger partial charge in [0, 0.05) is 26.2 Å². The van der Waals surface area contributed by atoms with Crippen LogP contribution in [0.5, 0.6) is 0 Å². The average molecular weight is 381 g/mol. The predicted molar refractivity (Wildman–Crippen MR) is 102 cm³/mol. The Labute approximate surface area is 183 Å². The number of aliphatic carboxylic acids is 1. The first-order valence-corrected chi connectivity index (χ1v) is 10.4. The maximum absolute atomic E-state index is 10.6. The third-order valence-electron chi connectivity index (χ3n) is 4.58. The minimum atomic E-state index is -1.09. The van der Waals surface area contributed by atoms with E-state index in [2.05, 4.69) is 12.2 Å². The molecule has 0 unspecified atom stereocenters. The smallest absolute Gasteiger partial charge is 0.549 e. The van der Waals surface area contributed by atoms with Gasteiger partial charge in [-0.05, 0) is 13.0 Å². The van der Waals surface area contributed by atoms with Gasteiger partial charge < -0.3 is 20.3 Å². The SMILES string of the molecule is CCCCCCCCCCCCCCNCCN(CCO)CC(=O)[O-].[Na+]. The molecule has 0 saturated carbocycles. The topological polar surface area (TPSA) is 75.6 Å². The van der Waals surface area contributed by atoms with Gasteiger partial charge in [0.2, 0.25) is 0 Å². The molecular formula is C20H41N2NaO3. The molecule has 0 heterocycles. The van der Waals surface area contributed by atoms with Crippen molar-refractivity contribution < 1.29 is 44.6 Å². The Kier molecular flexibility index (Phi) is 25.7. The Morgan fingerprint density at radius 2 is 1.35 bits per heavy atom. The van der Waals surface area contributed by atoms with E-state index in [1.54, 1.807) is 4.90 Å². The van der Waals surface area contributed by atoms with Crippen molar-refractivity contribution >= 4 is 5.97 Å². The molecule has 0 aliphatic heterocycles. The second kappa shape index (κ2) is 23.4. The summed E-state index contributed by atoms with van der Waals surface area (Å²) >= 11 is 0. The molecule has 0 amide bonds. The molecule has 26 heavy (non-hydrogen) atoms. The molecule has 0 aromatic heterocycles. The van der Waals surface area contributed by atoms with Crippen molar-refractivity contribution in [2.45, 2.75) is 84.0 Å². The molecule has 0 spiro atoms. The van der Waals surface area contributed by atoms with E-state index in [9.17, 15) is 9.90 Å². The van der Waals surface area contributed by atoms with E-state index in [1.165, 1.54) is 77.0 Å². The normalized spacial score (nSPS) is 10.9. The van der Waals surface area contributed by atoms with Crippen LogP contribution in [0.25, 0.3) is 0 Å². The number of hydrogen-bond donors (Lipinski definition) is 2. The molecule has 0 rings (SSSR count). The minimum absolute atomic E-state index is 0. The van der Waals surface area contributed by atoms with Crippen LogP contribution in [0.1, 0.15) is 84.0 Å². The number of unbranched alkanes of at least 4 members (excludes halogenated alkanes) is 11. The molecule has 5 nitrogen and oxygen atoms in total. The van der Waals surface area contributed by atoms with Crippen LogP contribution in [-0.2, 0) is 4.79 Å². The quantitative estimate of drug-likeness (QED) is 0.216. The van der Waals surface area contributed by atoms with E-state index in [-0.39, 0.29) is 42.7 Å². The van der Waals surface area contributed by atoms with Gasteiger partial charge in [0.1, 0.15) is 0 Å². The Morgan fingerprint density at radius 1 is 0.846 bits per heavy atom. The monoisotopic (exact) mass is 380 g/mol. The van der Waals surface area contributed by atoms with E-state index >= 15 is 0 Å². The van der Waals surface area contributed by atoms with Crippen molar-refractivity contribution in [3.63, 3.8) is 0 Å². The second-order valence-corrected chi connectivity index (χ2v) is 7.01. The van der Waals surface area contributed by atoms with Gasteiger partial charge in [-0.15, -0.1) is 0 Å². The zero-order valence-corrected chi connectivity index (χ0v) is 19.4. The van der Waals surface area contributed by atoms with Gasteiger partial charge >= 0.3 is 29.6 Å². The van der Waals surface area contributed by atoms with Crippen LogP contribution < -0.4 is 40.0 Å². The average Bonchev–Trinajstić information content (AvgIpc) is 2.58. The van der Waals surface area contributed by atoms with Crippen molar-refractivity contribution in [3.05, 3.63) is 0 Å². The van der Waals surface area contributed by atoms with Crippen molar-refractivity contribution in [2.24, 2.45) is 0 Å². The summed E-state index contributed by atoms with van der Waals surface area (Å²) in [5.74, 6) is -1.09. The second-order valence-electron chi connectivity index (χ2n) is 7.01. The van der Waals surface area contributed by atoms with E-state index in [4.69, 9.17) is 5.11 Å². The summed E-state index contributed by atoms with van der Waals surface area (Å²) in [5.41, 5.74) is 0. The fourth-order valence-electron chi connectivity index (χ4n) is 3.05. The first-order chi connectivity index (χ1) is 12.2. The molecule has 6 heteroatoms. The van der Waals surface area contributed by atoms with Crippen LogP contribution in [0.15, 0.2) is 0 Å². The van der Waals surface area contributed by atoms with Gasteiger partial charge in [-0.3, -0.25) is 4.90 Å². The van der Waals surface area contributed by atoms with Crippen LogP contribution in [0, 0.1) is 0 Å². The molecule has 150 valence electrons. The summed E-state index contributed by atoms with van der Waals surface area (Å²) in [7, 11) is 0. The van der Waals surface area contributed by atoms with Crippen molar-refractivity contribution in [1.29, 1.82) is 0 Å². The number of hydrogen-bond acceptors (Lipinski definition) is 5. The number of aliphatic hydroxyl groups is 1. The zero-order valence-electron chi connectivity index (χ0n) is 17.4. The maximum Gasteiger partial charge on any atom is 1.00 e. The van der Waals surface area contributed by atoms with Gasteiger partial charge in [0.05, 0.1) is 12.6 Å². The molecule has 0 aromatic rings. The largest absolute Gasteiger partial charge is 1.00 e. The molecule has 0 aliphatic carbocycles. The molecule has 0 aliphatic rings. The number of carbonyl (C=O) groups is 1. The van der Waals surface area contributed by atoms with Gasteiger partial charge in [0.25, 0.3) is 0 Å². The van der Waals surface area contributed by atoms with Crippen LogP contribution in [0.2, 0.25) is 0 Å². The summed E-state index contributed by atoms with van der Waals surface area (Å²) < 4.78 is 0. The van der Waals surface area contributed by atoms with Crippen molar-refractivity contribution in [3.8, 4) is 0 Å². The van der Waals surface area contributed by atoms with E-state index in [1.807, 2.05) is 0 Å². The predicted octanol–water partition coefficient (Wildman–Crippen LogP) is -0.675. The number of carboxylic acid groups (broad SMARTS) is 1. The van der Waals surface area contributed by atoms with Crippen LogP contribution in [0.4, 0.5) is 0 Å². The van der Waals surface area contributed by atoms with E-state index in [0.29, 0.717) is 13.1 Å². The molecule has 2 N–H and O–H groups in total. The molecule has 0 atom stereocenters. The van der Waals surface area contributed by atoms with Crippen LogP contribution >= 0.6 is 0 Å². The van der Waals surface area contributed by atoms with Gasteiger partial charge in [-0.1, -0.05) is 77.6 Å². The van der Waals surface area contributed by atoms with Crippen LogP contribution in [-0.4, -0.2) is 55.3 Å². The third kappa shape index (κ3) is 22.4. The Balaban J connectivity index is 0. The molecule has 0 aromatic carbocycles. The maximum atomic E-state index is 10.6. The Morgan fingerprint density at radius 3 is 1.81 bits per heavy atom. The number of aliphatic hydroxyl groups excluding tert-OH is 1. The number of carbonyl (C=O) groups excluding carboxylic acids is 1. The van der Waals surface area contributed by atoms with Crippen molar-refractivity contribution in [1.82, 2.24) is 10.2 Å². The molecule has 0 radical (unpaired) electrons. The van der Waals surface area contributed by atoms with Gasteiger partial charge in [-0.25, -0.2) is 0 Å². The summed E-state index contributed by atoms with van der Waals surface area (Å²) in [4.78, 5) is 12.3. The fourth-order valence-corrected chi connectivity index (χ4v) is 3.05. The minimum Gasteiger partial charge on any atom is -0.549 e. The molecule has 0 bridgehead atoms. The molecule has 0 fully saturated rings. The zero-order chi connectivity index (χ0) is 18.6. The first kappa shape index (κ1) is 28.6. The summed E-state index contributed by atoms with van der Waals surface area (Å²) in [6.07, 6.45) is 16.2. The van der Waals surface area contributed by atoms with Gasteiger partial charge in [-0.2, -0.15) is 0 Å². The number of nitrogens with one attached hydrogen (secondary N) is 1. The van der Waals surface area contributed by atoms with E-state index in [0.717, 1.165) is 13.1 Å². The number of rotatable bonds is 20. The number of carboxylic acids is 1. The number of nitrogens with zero attached hydrogens (tertiary/aromatic N) is 1. The van der Waals surface area contributed by atoms with Crippen molar-refractivity contribution in [2.75, 3.05) is 39.3 Å². The molecule has 0 saturated heterocycles. The Bertz CT molecular complexity index is 294. The third-order valence-corrected chi connectivity index (χ3v) is 4.58. The molecular weight excluding hydrogens is 339 g/mol. The summed E-state index contributed by atoms with van der Waals surface area (Å²) in [5, 5.41) is 22.8. The first-order valence-electron chi connectivity index (χ1n) is 10.4. The van der Waals surface area contributed by atoms with Gasteiger partial charge in [0.15, 0.2) is 0 Å². The van der Waals surface area contributed by atoms with Crippen LogP contribution in [0.3, 0.4) is 0 Å².